The smallest absolute Gasteiger partial charge is 0.0390 e. The summed E-state index contributed by atoms with van der Waals surface area (Å²) in [5.74, 6) is 2.65. The summed E-state index contributed by atoms with van der Waals surface area (Å²) in [6, 6.07) is 0. The molecule has 0 nitrogen and oxygen atoms in total. The first-order valence-electron chi connectivity index (χ1n) is 4.80. The number of unbranched alkanes of at least 4 members (excludes halogenated alkanes) is 2. The monoisotopic (exact) mass is 202 g/mol. The molecule has 0 aromatic carbocycles. The second-order valence-electron chi connectivity index (χ2n) is 3.22. The summed E-state index contributed by atoms with van der Waals surface area (Å²) in [7, 11) is 0. The van der Waals surface area contributed by atoms with Crippen molar-refractivity contribution in [1.29, 1.82) is 0 Å². The van der Waals surface area contributed by atoms with Gasteiger partial charge in [-0.1, -0.05) is 25.3 Å². The molecule has 1 saturated heterocycles. The van der Waals surface area contributed by atoms with Crippen molar-refractivity contribution < 1.29 is 0 Å². The van der Waals surface area contributed by atoms with Gasteiger partial charge in [0, 0.05) is 15.7 Å². The fraction of sp³-hybridized carbons (Fsp3) is 0.800. The molecular formula is C10H18S2. The van der Waals surface area contributed by atoms with E-state index in [9.17, 15) is 0 Å². The Hall–Kier alpha value is 0.440. The molecular weight excluding hydrogens is 184 g/mol. The van der Waals surface area contributed by atoms with E-state index in [4.69, 9.17) is 0 Å². The average molecular weight is 202 g/mol. The molecule has 0 bridgehead atoms. The van der Waals surface area contributed by atoms with Gasteiger partial charge in [0.2, 0.25) is 0 Å². The number of hydrogen-bond acceptors (Lipinski definition) is 2. The van der Waals surface area contributed by atoms with E-state index < -0.39 is 0 Å². The van der Waals surface area contributed by atoms with Gasteiger partial charge in [0.05, 0.1) is 0 Å². The molecule has 0 spiro atoms. The van der Waals surface area contributed by atoms with Crippen molar-refractivity contribution in [1.82, 2.24) is 0 Å². The van der Waals surface area contributed by atoms with Crippen LogP contribution in [0.4, 0.5) is 0 Å². The summed E-state index contributed by atoms with van der Waals surface area (Å²) in [4.78, 5) is 0. The van der Waals surface area contributed by atoms with Gasteiger partial charge in [0.15, 0.2) is 0 Å². The topological polar surface area (TPSA) is 0 Å². The van der Waals surface area contributed by atoms with Crippen LogP contribution in [0.1, 0.15) is 39.5 Å². The highest BCUT2D eigenvalue weighted by Gasteiger charge is 2.10. The summed E-state index contributed by atoms with van der Waals surface area (Å²) in [6.07, 6.45) is 5.43. The fourth-order valence-electron chi connectivity index (χ4n) is 1.30. The zero-order valence-electron chi connectivity index (χ0n) is 8.06. The van der Waals surface area contributed by atoms with Gasteiger partial charge < -0.3 is 0 Å². The van der Waals surface area contributed by atoms with E-state index in [0.717, 1.165) is 0 Å². The van der Waals surface area contributed by atoms with Gasteiger partial charge in [0.25, 0.3) is 0 Å². The molecule has 0 aromatic rings. The van der Waals surface area contributed by atoms with Crippen LogP contribution in [0.25, 0.3) is 0 Å². The summed E-state index contributed by atoms with van der Waals surface area (Å²) < 4.78 is 1.62. The molecule has 0 atom stereocenters. The van der Waals surface area contributed by atoms with Gasteiger partial charge in [-0.2, -0.15) is 0 Å². The molecule has 1 aliphatic rings. The number of allylic oxidation sites excluding steroid dienone is 1. The highest BCUT2D eigenvalue weighted by molar-refractivity contribution is 8.25. The zero-order chi connectivity index (χ0) is 8.81. The minimum absolute atomic E-state index is 1.32. The third-order valence-electron chi connectivity index (χ3n) is 2.05. The van der Waals surface area contributed by atoms with E-state index in [1.807, 2.05) is 0 Å². The second kappa shape index (κ2) is 5.98. The highest BCUT2D eigenvalue weighted by atomic mass is 32.2. The molecule has 0 saturated carbocycles. The van der Waals surface area contributed by atoms with Crippen LogP contribution in [0.5, 0.6) is 0 Å². The predicted octanol–water partition coefficient (Wildman–Crippen LogP) is 4.28. The van der Waals surface area contributed by atoms with Gasteiger partial charge in [-0.15, -0.1) is 23.5 Å². The normalized spacial score (nSPS) is 17.0. The molecule has 0 N–H and O–H groups in total. The summed E-state index contributed by atoms with van der Waals surface area (Å²) >= 11 is 4.10. The van der Waals surface area contributed by atoms with Crippen LogP contribution in [0.3, 0.4) is 0 Å². The second-order valence-corrected chi connectivity index (χ2v) is 5.69. The minimum atomic E-state index is 1.32. The van der Waals surface area contributed by atoms with Crippen molar-refractivity contribution in [2.45, 2.75) is 39.5 Å². The van der Waals surface area contributed by atoms with Crippen molar-refractivity contribution in [2.75, 3.05) is 11.5 Å². The van der Waals surface area contributed by atoms with E-state index in [1.165, 1.54) is 37.2 Å². The van der Waals surface area contributed by atoms with Crippen LogP contribution in [0, 0.1) is 0 Å². The van der Waals surface area contributed by atoms with E-state index in [0.29, 0.717) is 0 Å². The molecule has 12 heavy (non-hydrogen) atoms. The third-order valence-corrected chi connectivity index (χ3v) is 5.06. The maximum atomic E-state index is 2.30. The molecule has 2 heteroatoms. The molecule has 1 heterocycles. The van der Waals surface area contributed by atoms with Crippen LogP contribution >= 0.6 is 23.5 Å². The lowest BCUT2D eigenvalue weighted by Crippen LogP contribution is -1.80. The molecule has 70 valence electrons. The van der Waals surface area contributed by atoms with Crippen LogP contribution < -0.4 is 0 Å². The van der Waals surface area contributed by atoms with Crippen LogP contribution in [0.15, 0.2) is 9.81 Å². The molecule has 0 aliphatic carbocycles. The van der Waals surface area contributed by atoms with E-state index >= 15 is 0 Å². The Morgan fingerprint density at radius 3 is 2.50 bits per heavy atom. The van der Waals surface area contributed by atoms with Crippen LogP contribution in [0.2, 0.25) is 0 Å². The quantitative estimate of drug-likeness (QED) is 0.624. The Balaban J connectivity index is 2.25. The van der Waals surface area contributed by atoms with E-state index in [-0.39, 0.29) is 0 Å². The lowest BCUT2D eigenvalue weighted by Gasteiger charge is -2.03. The molecule has 1 rings (SSSR count). The maximum absolute atomic E-state index is 2.30. The van der Waals surface area contributed by atoms with Crippen LogP contribution in [-0.2, 0) is 0 Å². The van der Waals surface area contributed by atoms with Gasteiger partial charge in [0.1, 0.15) is 0 Å². The highest BCUT2D eigenvalue weighted by Crippen LogP contribution is 2.39. The van der Waals surface area contributed by atoms with E-state index in [2.05, 4.69) is 37.4 Å². The lowest BCUT2D eigenvalue weighted by atomic mass is 10.1. The van der Waals surface area contributed by atoms with Gasteiger partial charge >= 0.3 is 0 Å². The number of hydrogen-bond donors (Lipinski definition) is 0. The Morgan fingerprint density at radius 1 is 1.25 bits per heavy atom. The molecule has 1 fully saturated rings. The van der Waals surface area contributed by atoms with Crippen molar-refractivity contribution in [3.05, 3.63) is 9.81 Å². The summed E-state index contributed by atoms with van der Waals surface area (Å²) in [6.45, 7) is 4.57. The standard InChI is InChI=1S/C10H18S2/c1-3-4-5-6-9(2)10-11-7-8-12-10/h3-8H2,1-2H3. The van der Waals surface area contributed by atoms with Gasteiger partial charge in [-0.25, -0.2) is 0 Å². The SMILES string of the molecule is CCCCCC(C)=C1SCCS1. The Morgan fingerprint density at radius 2 is 1.92 bits per heavy atom. The maximum Gasteiger partial charge on any atom is 0.0390 e. The first-order chi connectivity index (χ1) is 5.84. The first-order valence-corrected chi connectivity index (χ1v) is 6.77. The summed E-state index contributed by atoms with van der Waals surface area (Å²) in [5.41, 5.74) is 1.64. The zero-order valence-corrected chi connectivity index (χ0v) is 9.69. The average Bonchev–Trinajstić information content (AvgIpc) is 2.56. The van der Waals surface area contributed by atoms with Crippen molar-refractivity contribution in [2.24, 2.45) is 0 Å². The molecule has 1 aliphatic heterocycles. The van der Waals surface area contributed by atoms with Crippen molar-refractivity contribution in [3.8, 4) is 0 Å². The van der Waals surface area contributed by atoms with Crippen molar-refractivity contribution in [3.63, 3.8) is 0 Å². The minimum Gasteiger partial charge on any atom is -0.118 e. The Kier molecular flexibility index (Phi) is 5.24. The largest absolute Gasteiger partial charge is 0.118 e. The fourth-order valence-corrected chi connectivity index (χ4v) is 3.87. The lowest BCUT2D eigenvalue weighted by molar-refractivity contribution is 0.713. The number of rotatable bonds is 4. The molecule has 0 unspecified atom stereocenters. The van der Waals surface area contributed by atoms with Crippen LogP contribution in [-0.4, -0.2) is 11.5 Å². The van der Waals surface area contributed by atoms with E-state index in [1.54, 1.807) is 9.81 Å². The predicted molar refractivity (Wildman–Crippen MR) is 61.8 cm³/mol. The number of thioether (sulfide) groups is 2. The Labute approximate surface area is 84.6 Å². The summed E-state index contributed by atoms with van der Waals surface area (Å²) in [5, 5.41) is 0. The van der Waals surface area contributed by atoms with Gasteiger partial charge in [-0.3, -0.25) is 0 Å². The molecule has 0 aromatic heterocycles. The van der Waals surface area contributed by atoms with Gasteiger partial charge in [-0.05, 0) is 19.8 Å². The molecule has 0 amide bonds. The first kappa shape index (κ1) is 10.5. The molecule has 0 radical (unpaired) electrons. The Bertz CT molecular complexity index is 153. The van der Waals surface area contributed by atoms with Crippen molar-refractivity contribution >= 4 is 23.5 Å². The third kappa shape index (κ3) is 3.44.